The second kappa shape index (κ2) is 26.3. The van der Waals surface area contributed by atoms with Gasteiger partial charge in [-0.1, -0.05) is 92.4 Å². The van der Waals surface area contributed by atoms with Crippen LogP contribution in [0.3, 0.4) is 0 Å². The number of benzene rings is 4. The summed E-state index contributed by atoms with van der Waals surface area (Å²) in [4.78, 5) is 38.6. The van der Waals surface area contributed by atoms with Gasteiger partial charge in [0, 0.05) is 49.1 Å². The van der Waals surface area contributed by atoms with Crippen LogP contribution in [-0.4, -0.2) is 79.5 Å². The Hall–Kier alpha value is -7.52. The molecule has 76 heavy (non-hydrogen) atoms. The minimum Gasteiger partial charge on any atom is -0.488 e. The summed E-state index contributed by atoms with van der Waals surface area (Å²) in [6, 6.07) is 42.1. The summed E-state index contributed by atoms with van der Waals surface area (Å²) in [7, 11) is 0. The topological polar surface area (TPSA) is 234 Å². The second-order valence-electron chi connectivity index (χ2n) is 20.4. The number of pyridine rings is 2. The molecule has 16 nitrogen and oxygen atoms in total. The van der Waals surface area contributed by atoms with Gasteiger partial charge in [-0.05, 0) is 142 Å². The zero-order valence-electron chi connectivity index (χ0n) is 43.5. The number of fused-ring (bicyclic) bond motifs is 1. The van der Waals surface area contributed by atoms with Gasteiger partial charge >= 0.3 is 12.2 Å². The molecule has 400 valence electrons. The van der Waals surface area contributed by atoms with Crippen LogP contribution in [0.5, 0.6) is 11.5 Å². The van der Waals surface area contributed by atoms with Gasteiger partial charge in [0.2, 0.25) is 0 Å². The molecule has 0 bridgehead atoms. The Morgan fingerprint density at radius 2 is 1.12 bits per heavy atom. The van der Waals surface area contributed by atoms with Crippen LogP contribution in [0, 0.1) is 11.3 Å². The summed E-state index contributed by atoms with van der Waals surface area (Å²) >= 11 is 3.53. The van der Waals surface area contributed by atoms with Gasteiger partial charge in [0.25, 0.3) is 0 Å². The van der Waals surface area contributed by atoms with Gasteiger partial charge in [-0.3, -0.25) is 16.8 Å². The lowest BCUT2D eigenvalue weighted by atomic mass is 9.87. The van der Waals surface area contributed by atoms with E-state index in [2.05, 4.69) is 49.9 Å². The standard InChI is InChI=1S/C29H30BrN3O3.C29H33N5O3.CH4.H4N2/c1-29(2,3)36-28(34)33-15-9-12-21(18-33)23-16-25(32-27(30)24(23)17-31)22-13-7-8-14-26(22)35-19-20-10-5-4-6-11-20;1-29(2,3)37-28(35)34-15-9-12-20(17-34)22-16-23(31-27-25(22)26(30)32-33-27)21-13-7-8-14-24(21)36-18-19-10-5-4-6-11-19;;1-2/h4-8,10-11,13-14,16,21H,9,12,15,18-19H2,1-3H3;4-8,10-11,13-14,16,20H,9,12,15,17-18H2,1-3H3,(H3,30,31,32,33);1H4;1-2H2. The number of piperidine rings is 2. The van der Waals surface area contributed by atoms with Crippen molar-refractivity contribution in [2.75, 3.05) is 31.9 Å². The van der Waals surface area contributed by atoms with Crippen LogP contribution in [0.15, 0.2) is 126 Å². The van der Waals surface area contributed by atoms with E-state index in [9.17, 15) is 14.9 Å². The number of nitrogens with two attached hydrogens (primary N) is 3. The Kier molecular flexibility index (Phi) is 20.0. The van der Waals surface area contributed by atoms with Gasteiger partial charge in [-0.25, -0.2) is 19.6 Å². The average molecular weight is 1100 g/mol. The molecule has 2 aliphatic rings. The van der Waals surface area contributed by atoms with Crippen LogP contribution in [0.1, 0.15) is 114 Å². The first kappa shape index (κ1) is 57.8. The number of carbonyl (C=O) groups excluding carboxylic acids is 2. The number of hydrazine groups is 1. The van der Waals surface area contributed by atoms with Crippen molar-refractivity contribution >= 4 is 45.0 Å². The van der Waals surface area contributed by atoms with Crippen LogP contribution < -0.4 is 26.9 Å². The van der Waals surface area contributed by atoms with Crippen LogP contribution in [0.2, 0.25) is 0 Å². The monoisotopic (exact) mass is 1090 g/mol. The van der Waals surface area contributed by atoms with Crippen LogP contribution in [0.25, 0.3) is 33.5 Å². The Morgan fingerprint density at radius 3 is 1.59 bits per heavy atom. The largest absolute Gasteiger partial charge is 0.488 e. The Morgan fingerprint density at radius 1 is 0.684 bits per heavy atom. The lowest BCUT2D eigenvalue weighted by Crippen LogP contribution is -2.42. The molecule has 2 atom stereocenters. The van der Waals surface area contributed by atoms with E-state index < -0.39 is 11.2 Å². The highest BCUT2D eigenvalue weighted by atomic mass is 79.9. The van der Waals surface area contributed by atoms with Gasteiger partial charge in [0.1, 0.15) is 52.4 Å². The fourth-order valence-corrected chi connectivity index (χ4v) is 9.67. The quantitative estimate of drug-likeness (QED) is 0.0567. The molecule has 2 unspecified atom stereocenters. The molecule has 2 aliphatic heterocycles. The number of nitriles is 1. The highest BCUT2D eigenvalue weighted by Crippen LogP contribution is 2.40. The van der Waals surface area contributed by atoms with E-state index in [1.807, 2.05) is 157 Å². The number of nitrogen functional groups attached to an aromatic ring is 1. The lowest BCUT2D eigenvalue weighted by molar-refractivity contribution is 0.0188. The van der Waals surface area contributed by atoms with Gasteiger partial charge < -0.3 is 34.5 Å². The van der Waals surface area contributed by atoms with Gasteiger partial charge in [-0.15, -0.1) is 0 Å². The van der Waals surface area contributed by atoms with Crippen molar-refractivity contribution in [3.8, 4) is 40.1 Å². The molecule has 0 saturated carbocycles. The molecule has 2 fully saturated rings. The first-order valence-electron chi connectivity index (χ1n) is 25.1. The zero-order valence-corrected chi connectivity index (χ0v) is 45.1. The minimum absolute atomic E-state index is 0. The minimum atomic E-state index is -0.557. The van der Waals surface area contributed by atoms with Gasteiger partial charge in [0.05, 0.1) is 22.3 Å². The van der Waals surface area contributed by atoms with E-state index in [0.717, 1.165) is 81.6 Å². The number of rotatable bonds is 10. The van der Waals surface area contributed by atoms with Crippen molar-refractivity contribution < 1.29 is 28.5 Å². The molecule has 2 saturated heterocycles. The first-order chi connectivity index (χ1) is 36.0. The van der Waals surface area contributed by atoms with Crippen LogP contribution in [0.4, 0.5) is 15.4 Å². The molecule has 0 aliphatic carbocycles. The number of carbonyl (C=O) groups is 2. The summed E-state index contributed by atoms with van der Waals surface area (Å²) in [6.45, 7) is 14.5. The number of likely N-dealkylation sites (tertiary alicyclic amines) is 2. The van der Waals surface area contributed by atoms with Gasteiger partial charge in [-0.2, -0.15) is 10.4 Å². The van der Waals surface area contributed by atoms with E-state index in [1.165, 1.54) is 0 Å². The molecule has 0 radical (unpaired) electrons. The summed E-state index contributed by atoms with van der Waals surface area (Å²) in [5, 5.41) is 18.0. The van der Waals surface area contributed by atoms with E-state index in [-0.39, 0.29) is 31.4 Å². The number of hydrogen-bond donors (Lipinski definition) is 4. The molecule has 2 amide bonds. The summed E-state index contributed by atoms with van der Waals surface area (Å²) in [6.07, 6.45) is 2.89. The predicted octanol–water partition coefficient (Wildman–Crippen LogP) is 12.4. The number of hydrogen-bond acceptors (Lipinski definition) is 13. The molecule has 7 N–H and O–H groups in total. The maximum Gasteiger partial charge on any atom is 0.410 e. The number of para-hydroxylation sites is 2. The van der Waals surface area contributed by atoms with E-state index in [4.69, 9.17) is 34.6 Å². The predicted molar refractivity (Wildman–Crippen MR) is 302 cm³/mol. The summed E-state index contributed by atoms with van der Waals surface area (Å²) in [5.41, 5.74) is 13.5. The van der Waals surface area contributed by atoms with Crippen molar-refractivity contribution in [3.05, 3.63) is 154 Å². The normalized spacial score (nSPS) is 15.4. The third-order valence-corrected chi connectivity index (χ3v) is 13.1. The molecule has 5 heterocycles. The number of H-pyrrole nitrogens is 1. The number of halogens is 1. The molecule has 9 rings (SSSR count). The Balaban J connectivity index is 0.000000236. The van der Waals surface area contributed by atoms with Crippen molar-refractivity contribution in [1.82, 2.24) is 30.0 Å². The molecule has 3 aromatic heterocycles. The van der Waals surface area contributed by atoms with Gasteiger partial charge in [0.15, 0.2) is 5.65 Å². The van der Waals surface area contributed by atoms with Crippen molar-refractivity contribution in [2.24, 2.45) is 11.7 Å². The van der Waals surface area contributed by atoms with E-state index >= 15 is 0 Å². The maximum atomic E-state index is 12.8. The Labute approximate surface area is 455 Å². The average Bonchev–Trinajstić information content (AvgIpc) is 3.81. The SMILES string of the molecule is C.CC(C)(C)OC(=O)N1CCCC(c2cc(-c3ccccc3OCc3ccccc3)nc(Br)c2C#N)C1.CC(C)(C)OC(=O)N1CCCC(c2cc(-c3ccccc3OCc3ccccc3)nc3n[nH]c(N)c23)C1.NN. The highest BCUT2D eigenvalue weighted by molar-refractivity contribution is 9.10. The summed E-state index contributed by atoms with van der Waals surface area (Å²) in [5.74, 6) is 10.0. The fourth-order valence-electron chi connectivity index (χ4n) is 9.17. The number of aromatic amines is 1. The summed E-state index contributed by atoms with van der Waals surface area (Å²) < 4.78 is 24.1. The molecule has 17 heteroatoms. The Bertz CT molecular complexity index is 3080. The maximum absolute atomic E-state index is 12.8. The van der Waals surface area contributed by atoms with Crippen molar-refractivity contribution in [1.29, 1.82) is 5.26 Å². The fraction of sp³-hybridized carbons (Fsp3) is 0.356. The number of ether oxygens (including phenoxy) is 4. The number of amides is 2. The van der Waals surface area contributed by atoms with E-state index in [0.29, 0.717) is 66.7 Å². The molecule has 0 spiro atoms. The van der Waals surface area contributed by atoms with Crippen LogP contribution in [-0.2, 0) is 22.7 Å². The van der Waals surface area contributed by atoms with Crippen molar-refractivity contribution in [2.45, 2.75) is 111 Å². The molecular formula is C59H71BrN10O6. The lowest BCUT2D eigenvalue weighted by Gasteiger charge is -2.34. The van der Waals surface area contributed by atoms with E-state index in [1.54, 1.807) is 9.80 Å². The zero-order chi connectivity index (χ0) is 53.7. The number of anilines is 1. The molecule has 7 aromatic rings. The van der Waals surface area contributed by atoms with Crippen molar-refractivity contribution in [3.63, 3.8) is 0 Å². The first-order valence-corrected chi connectivity index (χ1v) is 25.9. The number of nitrogens with one attached hydrogen (secondary N) is 1. The number of nitrogens with zero attached hydrogens (tertiary/aromatic N) is 6. The number of aromatic nitrogens is 4. The third kappa shape index (κ3) is 15.1. The third-order valence-electron chi connectivity index (χ3n) is 12.5. The molecule has 4 aromatic carbocycles. The second-order valence-corrected chi connectivity index (χ2v) is 21.1. The smallest absolute Gasteiger partial charge is 0.410 e. The molecular weight excluding hydrogens is 1020 g/mol. The highest BCUT2D eigenvalue weighted by Gasteiger charge is 2.33. The van der Waals surface area contributed by atoms with Crippen LogP contribution >= 0.6 is 15.9 Å².